The normalized spacial score (nSPS) is 17.3. The SMILES string of the molecule is CC1CCCN(CCCNC(=O)c2cccc(S(=O)(=O)N(C)c3ccccc3F)c2)C1. The molecule has 0 bridgehead atoms. The molecule has 1 fully saturated rings. The summed E-state index contributed by atoms with van der Waals surface area (Å²) in [4.78, 5) is 14.9. The number of halogens is 1. The largest absolute Gasteiger partial charge is 0.352 e. The van der Waals surface area contributed by atoms with E-state index in [2.05, 4.69) is 17.1 Å². The number of amides is 1. The number of nitrogens with zero attached hydrogens (tertiary/aromatic N) is 2. The molecule has 0 aliphatic carbocycles. The van der Waals surface area contributed by atoms with Crippen molar-refractivity contribution in [2.45, 2.75) is 31.1 Å². The molecule has 1 amide bonds. The van der Waals surface area contributed by atoms with Gasteiger partial charge in [-0.3, -0.25) is 9.10 Å². The smallest absolute Gasteiger partial charge is 0.264 e. The highest BCUT2D eigenvalue weighted by Crippen LogP contribution is 2.25. The Balaban J connectivity index is 1.61. The Morgan fingerprint density at radius 3 is 2.74 bits per heavy atom. The van der Waals surface area contributed by atoms with E-state index in [4.69, 9.17) is 0 Å². The first-order valence-corrected chi connectivity index (χ1v) is 12.1. The Labute approximate surface area is 184 Å². The molecular formula is C23H30FN3O3S. The predicted molar refractivity (Wildman–Crippen MR) is 120 cm³/mol. The fourth-order valence-corrected chi connectivity index (χ4v) is 5.14. The molecule has 6 nitrogen and oxygen atoms in total. The minimum atomic E-state index is -4.01. The zero-order chi connectivity index (χ0) is 22.4. The third-order valence-corrected chi connectivity index (χ3v) is 7.39. The first-order valence-electron chi connectivity index (χ1n) is 10.6. The molecule has 1 heterocycles. The molecule has 0 spiro atoms. The molecule has 1 unspecified atom stereocenters. The van der Waals surface area contributed by atoms with Crippen LogP contribution in [0.3, 0.4) is 0 Å². The Morgan fingerprint density at radius 1 is 1.23 bits per heavy atom. The quantitative estimate of drug-likeness (QED) is 0.629. The molecule has 0 saturated carbocycles. The van der Waals surface area contributed by atoms with Crippen LogP contribution < -0.4 is 9.62 Å². The van der Waals surface area contributed by atoms with E-state index in [1.807, 2.05) is 0 Å². The van der Waals surface area contributed by atoms with E-state index in [-0.39, 0.29) is 22.1 Å². The number of para-hydroxylation sites is 1. The van der Waals surface area contributed by atoms with Crippen LogP contribution in [0.5, 0.6) is 0 Å². The topological polar surface area (TPSA) is 69.7 Å². The standard InChI is InChI=1S/C23H30FN3O3S/c1-18-8-6-14-27(17-18)15-7-13-25-23(28)19-9-5-10-20(16-19)31(29,30)26(2)22-12-4-3-11-21(22)24/h3-5,9-12,16,18H,6-8,13-15,17H2,1-2H3,(H,25,28). The van der Waals surface area contributed by atoms with Crippen molar-refractivity contribution >= 4 is 21.6 Å². The second-order valence-electron chi connectivity index (χ2n) is 8.11. The lowest BCUT2D eigenvalue weighted by molar-refractivity contribution is 0.0950. The second kappa shape index (κ2) is 10.2. The summed E-state index contributed by atoms with van der Waals surface area (Å²) in [6.45, 7) is 5.93. The van der Waals surface area contributed by atoms with E-state index in [1.54, 1.807) is 12.1 Å². The van der Waals surface area contributed by atoms with Gasteiger partial charge in [0.15, 0.2) is 0 Å². The highest BCUT2D eigenvalue weighted by atomic mass is 32.2. The molecular weight excluding hydrogens is 417 g/mol. The lowest BCUT2D eigenvalue weighted by Gasteiger charge is -2.30. The molecule has 1 saturated heterocycles. The molecule has 1 N–H and O–H groups in total. The molecule has 0 radical (unpaired) electrons. The molecule has 1 aliphatic heterocycles. The van der Waals surface area contributed by atoms with Gasteiger partial charge in [0.05, 0.1) is 10.6 Å². The summed E-state index contributed by atoms with van der Waals surface area (Å²) < 4.78 is 40.8. The fraction of sp³-hybridized carbons (Fsp3) is 0.435. The van der Waals surface area contributed by atoms with Gasteiger partial charge in [0.25, 0.3) is 15.9 Å². The molecule has 31 heavy (non-hydrogen) atoms. The van der Waals surface area contributed by atoms with Gasteiger partial charge in [0, 0.05) is 25.7 Å². The van der Waals surface area contributed by atoms with Crippen molar-refractivity contribution in [3.63, 3.8) is 0 Å². The van der Waals surface area contributed by atoms with Crippen molar-refractivity contribution in [2.75, 3.05) is 37.5 Å². The Bertz CT molecular complexity index is 1010. The Kier molecular flexibility index (Phi) is 7.67. The number of benzene rings is 2. The van der Waals surface area contributed by atoms with Crippen molar-refractivity contribution < 1.29 is 17.6 Å². The summed E-state index contributed by atoms with van der Waals surface area (Å²) in [6.07, 6.45) is 3.33. The number of sulfonamides is 1. The summed E-state index contributed by atoms with van der Waals surface area (Å²) in [7, 11) is -2.72. The van der Waals surface area contributed by atoms with Crippen LogP contribution >= 0.6 is 0 Å². The summed E-state index contributed by atoms with van der Waals surface area (Å²) >= 11 is 0. The van der Waals surface area contributed by atoms with E-state index in [1.165, 1.54) is 56.3 Å². The van der Waals surface area contributed by atoms with E-state index >= 15 is 0 Å². The van der Waals surface area contributed by atoms with Gasteiger partial charge < -0.3 is 10.2 Å². The number of nitrogens with one attached hydrogen (secondary N) is 1. The van der Waals surface area contributed by atoms with Crippen molar-refractivity contribution in [1.29, 1.82) is 0 Å². The van der Waals surface area contributed by atoms with Crippen molar-refractivity contribution in [1.82, 2.24) is 10.2 Å². The predicted octanol–water partition coefficient (Wildman–Crippen LogP) is 3.50. The lowest BCUT2D eigenvalue weighted by Crippen LogP contribution is -2.36. The van der Waals surface area contributed by atoms with E-state index in [9.17, 15) is 17.6 Å². The van der Waals surface area contributed by atoms with Crippen molar-refractivity contribution in [3.8, 4) is 0 Å². The van der Waals surface area contributed by atoms with E-state index in [0.29, 0.717) is 6.54 Å². The third-order valence-electron chi connectivity index (χ3n) is 5.62. The van der Waals surface area contributed by atoms with Crippen LogP contribution in [-0.4, -0.2) is 52.5 Å². The zero-order valence-electron chi connectivity index (χ0n) is 18.1. The molecule has 1 aliphatic rings. The number of hydrogen-bond acceptors (Lipinski definition) is 4. The zero-order valence-corrected chi connectivity index (χ0v) is 18.9. The number of hydrogen-bond donors (Lipinski definition) is 1. The molecule has 2 aromatic carbocycles. The summed E-state index contributed by atoms with van der Waals surface area (Å²) in [5, 5.41) is 2.86. The van der Waals surface area contributed by atoms with Gasteiger partial charge in [-0.25, -0.2) is 12.8 Å². The Hall–Kier alpha value is -2.45. The first-order chi connectivity index (χ1) is 14.8. The lowest BCUT2D eigenvalue weighted by atomic mass is 10.0. The summed E-state index contributed by atoms with van der Waals surface area (Å²) in [5.41, 5.74) is 0.207. The second-order valence-corrected chi connectivity index (χ2v) is 10.1. The van der Waals surface area contributed by atoms with E-state index in [0.717, 1.165) is 36.3 Å². The van der Waals surface area contributed by atoms with Gasteiger partial charge in [-0.1, -0.05) is 25.1 Å². The average Bonchev–Trinajstić information content (AvgIpc) is 2.76. The number of likely N-dealkylation sites (tertiary alicyclic amines) is 1. The maximum absolute atomic E-state index is 14.0. The van der Waals surface area contributed by atoms with Crippen LogP contribution in [0.1, 0.15) is 36.5 Å². The van der Waals surface area contributed by atoms with E-state index < -0.39 is 15.8 Å². The number of carbonyl (C=O) groups is 1. The third kappa shape index (κ3) is 5.83. The van der Waals surface area contributed by atoms with Crippen LogP contribution in [0.15, 0.2) is 53.4 Å². The Morgan fingerprint density at radius 2 is 2.00 bits per heavy atom. The maximum Gasteiger partial charge on any atom is 0.264 e. The molecule has 1 atom stereocenters. The van der Waals surface area contributed by atoms with Crippen LogP contribution in [-0.2, 0) is 10.0 Å². The minimum Gasteiger partial charge on any atom is -0.352 e. The summed E-state index contributed by atoms with van der Waals surface area (Å²) in [6, 6.07) is 11.5. The van der Waals surface area contributed by atoms with Gasteiger partial charge in [0.1, 0.15) is 5.82 Å². The highest BCUT2D eigenvalue weighted by molar-refractivity contribution is 7.92. The molecule has 3 rings (SSSR count). The molecule has 8 heteroatoms. The number of rotatable bonds is 8. The maximum atomic E-state index is 14.0. The number of piperidine rings is 1. The van der Waals surface area contributed by atoms with Crippen molar-refractivity contribution in [2.24, 2.45) is 5.92 Å². The molecule has 168 valence electrons. The van der Waals surface area contributed by atoms with Gasteiger partial charge >= 0.3 is 0 Å². The molecule has 2 aromatic rings. The first kappa shape index (κ1) is 23.2. The minimum absolute atomic E-state index is 0.0515. The van der Waals surface area contributed by atoms with Gasteiger partial charge in [-0.05, 0) is 68.6 Å². The summed E-state index contributed by atoms with van der Waals surface area (Å²) in [5.74, 6) is -0.237. The van der Waals surface area contributed by atoms with Crippen LogP contribution in [0.4, 0.5) is 10.1 Å². The van der Waals surface area contributed by atoms with Gasteiger partial charge in [0.2, 0.25) is 0 Å². The van der Waals surface area contributed by atoms with Crippen LogP contribution in [0.2, 0.25) is 0 Å². The number of anilines is 1. The monoisotopic (exact) mass is 447 g/mol. The molecule has 0 aromatic heterocycles. The number of carbonyl (C=O) groups excluding carboxylic acids is 1. The van der Waals surface area contributed by atoms with Gasteiger partial charge in [-0.2, -0.15) is 0 Å². The highest BCUT2D eigenvalue weighted by Gasteiger charge is 2.24. The van der Waals surface area contributed by atoms with Crippen LogP contribution in [0, 0.1) is 11.7 Å². The van der Waals surface area contributed by atoms with Crippen LogP contribution in [0.25, 0.3) is 0 Å². The van der Waals surface area contributed by atoms with Gasteiger partial charge in [-0.15, -0.1) is 0 Å². The fourth-order valence-electron chi connectivity index (χ4n) is 3.89. The average molecular weight is 448 g/mol. The van der Waals surface area contributed by atoms with Crippen molar-refractivity contribution in [3.05, 3.63) is 59.9 Å².